The van der Waals surface area contributed by atoms with Crippen LogP contribution in [0.25, 0.3) is 0 Å². The molecule has 2 aliphatic rings. The second-order valence-electron chi connectivity index (χ2n) is 7.09. The highest BCUT2D eigenvalue weighted by molar-refractivity contribution is 8.00. The molecular weight excluding hydrogens is 360 g/mol. The number of nitrogens with zero attached hydrogens (tertiary/aromatic N) is 4. The van der Waals surface area contributed by atoms with Gasteiger partial charge in [-0.05, 0) is 50.3 Å². The van der Waals surface area contributed by atoms with Gasteiger partial charge in [0.1, 0.15) is 0 Å². The molecular formula is C20H26N4O2S. The highest BCUT2D eigenvalue weighted by Gasteiger charge is 2.24. The molecule has 0 saturated carbocycles. The Morgan fingerprint density at radius 3 is 2.78 bits per heavy atom. The average Bonchev–Trinajstić information content (AvgIpc) is 3.33. The van der Waals surface area contributed by atoms with Crippen molar-refractivity contribution in [1.82, 2.24) is 14.8 Å². The van der Waals surface area contributed by atoms with E-state index in [9.17, 15) is 4.79 Å². The van der Waals surface area contributed by atoms with Gasteiger partial charge in [0.25, 0.3) is 0 Å². The number of aryl methyl sites for hydroxylation is 2. The summed E-state index contributed by atoms with van der Waals surface area (Å²) < 4.78 is 7.53. The number of benzene rings is 1. The van der Waals surface area contributed by atoms with Crippen LogP contribution in [-0.2, 0) is 24.1 Å². The molecule has 1 unspecified atom stereocenters. The zero-order valence-corrected chi connectivity index (χ0v) is 16.8. The third-order valence-corrected chi connectivity index (χ3v) is 6.42. The second-order valence-corrected chi connectivity index (χ2v) is 8.40. The lowest BCUT2D eigenvalue weighted by molar-refractivity contribution is 0.0993. The Bertz CT molecular complexity index is 829. The Balaban J connectivity index is 1.49. The van der Waals surface area contributed by atoms with Crippen molar-refractivity contribution in [3.8, 4) is 0 Å². The van der Waals surface area contributed by atoms with E-state index in [1.807, 2.05) is 13.0 Å². The Labute approximate surface area is 164 Å². The predicted octanol–water partition coefficient (Wildman–Crippen LogP) is 2.99. The van der Waals surface area contributed by atoms with Gasteiger partial charge in [0, 0.05) is 25.2 Å². The fourth-order valence-corrected chi connectivity index (χ4v) is 4.80. The first-order valence-electron chi connectivity index (χ1n) is 9.76. The van der Waals surface area contributed by atoms with Crippen LogP contribution < -0.4 is 4.90 Å². The summed E-state index contributed by atoms with van der Waals surface area (Å²) in [4.78, 5) is 15.2. The number of Topliss-reactive ketones (excluding diaryl/α,β-unsaturated/α-hetero) is 1. The number of thioether (sulfide) groups is 1. The minimum atomic E-state index is -0.198. The largest absolute Gasteiger partial charge is 0.378 e. The summed E-state index contributed by atoms with van der Waals surface area (Å²) in [6.07, 6.45) is 3.42. The zero-order chi connectivity index (χ0) is 18.8. The first-order chi connectivity index (χ1) is 13.2. The maximum Gasteiger partial charge on any atom is 0.228 e. The zero-order valence-electron chi connectivity index (χ0n) is 16.0. The molecule has 1 aromatic heterocycles. The first-order valence-corrected chi connectivity index (χ1v) is 10.6. The van der Waals surface area contributed by atoms with Crippen molar-refractivity contribution < 1.29 is 9.53 Å². The molecule has 0 radical (unpaired) electrons. The van der Waals surface area contributed by atoms with Crippen LogP contribution in [0.4, 0.5) is 5.95 Å². The van der Waals surface area contributed by atoms with Gasteiger partial charge in [-0.1, -0.05) is 23.9 Å². The van der Waals surface area contributed by atoms with Gasteiger partial charge in [-0.15, -0.1) is 10.2 Å². The molecule has 1 atom stereocenters. The minimum Gasteiger partial charge on any atom is -0.378 e. The number of hydrogen-bond acceptors (Lipinski definition) is 6. The molecule has 0 spiro atoms. The van der Waals surface area contributed by atoms with Crippen molar-refractivity contribution in [3.05, 3.63) is 34.9 Å². The van der Waals surface area contributed by atoms with Crippen molar-refractivity contribution in [1.29, 1.82) is 0 Å². The summed E-state index contributed by atoms with van der Waals surface area (Å²) in [5.74, 6) is 1.04. The number of ether oxygens (including phenoxy) is 1. The van der Waals surface area contributed by atoms with Crippen LogP contribution in [0.3, 0.4) is 0 Å². The number of ketones is 1. The molecule has 1 aliphatic carbocycles. The summed E-state index contributed by atoms with van der Waals surface area (Å²) in [7, 11) is 0. The van der Waals surface area contributed by atoms with Gasteiger partial charge < -0.3 is 9.64 Å². The van der Waals surface area contributed by atoms with Gasteiger partial charge in [-0.3, -0.25) is 9.36 Å². The topological polar surface area (TPSA) is 60.2 Å². The lowest BCUT2D eigenvalue weighted by atomic mass is 10.0. The molecule has 1 saturated heterocycles. The van der Waals surface area contributed by atoms with Crippen LogP contribution in [0.15, 0.2) is 23.4 Å². The molecule has 2 heterocycles. The molecule has 2 aromatic rings. The van der Waals surface area contributed by atoms with Crippen LogP contribution in [0.5, 0.6) is 0 Å². The molecule has 7 heteroatoms. The van der Waals surface area contributed by atoms with Crippen LogP contribution in [0, 0.1) is 0 Å². The standard InChI is InChI=1S/C20H26N4O2S/c1-3-24-19(23-9-11-26-12-10-23)21-22-20(24)27-14(2)18(25)17-8-7-15-5-4-6-16(15)13-17/h7-8,13-14H,3-6,9-12H2,1-2H3. The maximum absolute atomic E-state index is 13.0. The SMILES string of the molecule is CCn1c(SC(C)C(=O)c2ccc3c(c2)CCC3)nnc1N1CCOCC1. The molecule has 0 N–H and O–H groups in total. The summed E-state index contributed by atoms with van der Waals surface area (Å²) in [5, 5.41) is 9.38. The number of rotatable bonds is 6. The second kappa shape index (κ2) is 8.02. The number of morpholine rings is 1. The summed E-state index contributed by atoms with van der Waals surface area (Å²) >= 11 is 1.50. The highest BCUT2D eigenvalue weighted by atomic mass is 32.2. The van der Waals surface area contributed by atoms with Crippen molar-refractivity contribution in [3.63, 3.8) is 0 Å². The molecule has 0 bridgehead atoms. The summed E-state index contributed by atoms with van der Waals surface area (Å²) in [6, 6.07) is 6.19. The van der Waals surface area contributed by atoms with Gasteiger partial charge in [0.05, 0.1) is 18.5 Å². The van der Waals surface area contributed by atoms with E-state index in [-0.39, 0.29) is 11.0 Å². The number of hydrogen-bond donors (Lipinski definition) is 0. The lowest BCUT2D eigenvalue weighted by Crippen LogP contribution is -2.38. The monoisotopic (exact) mass is 386 g/mol. The van der Waals surface area contributed by atoms with Crippen molar-refractivity contribution in [2.75, 3.05) is 31.2 Å². The highest BCUT2D eigenvalue weighted by Crippen LogP contribution is 2.29. The Hall–Kier alpha value is -1.86. The van der Waals surface area contributed by atoms with Crippen molar-refractivity contribution >= 4 is 23.5 Å². The minimum absolute atomic E-state index is 0.160. The average molecular weight is 387 g/mol. The predicted molar refractivity (Wildman–Crippen MR) is 107 cm³/mol. The van der Waals surface area contributed by atoms with E-state index < -0.39 is 0 Å². The molecule has 0 amide bonds. The Kier molecular flexibility index (Phi) is 5.50. The van der Waals surface area contributed by atoms with Crippen LogP contribution >= 0.6 is 11.8 Å². The fraction of sp³-hybridized carbons (Fsp3) is 0.550. The van der Waals surface area contributed by atoms with Crippen molar-refractivity contribution in [2.45, 2.75) is 50.1 Å². The number of carbonyl (C=O) groups excluding carboxylic acids is 1. The van der Waals surface area contributed by atoms with Gasteiger partial charge in [-0.25, -0.2) is 0 Å². The van der Waals surface area contributed by atoms with Gasteiger partial charge in [-0.2, -0.15) is 0 Å². The Morgan fingerprint density at radius 1 is 1.22 bits per heavy atom. The van der Waals surface area contributed by atoms with Gasteiger partial charge in [0.2, 0.25) is 5.95 Å². The molecule has 144 valence electrons. The first kappa shape index (κ1) is 18.5. The molecule has 1 aliphatic heterocycles. The third kappa shape index (κ3) is 3.75. The van der Waals surface area contributed by atoms with Crippen molar-refractivity contribution in [2.24, 2.45) is 0 Å². The van der Waals surface area contributed by atoms with E-state index in [0.717, 1.165) is 49.1 Å². The summed E-state index contributed by atoms with van der Waals surface area (Å²) in [6.45, 7) is 7.91. The fourth-order valence-electron chi connectivity index (χ4n) is 3.81. The summed E-state index contributed by atoms with van der Waals surface area (Å²) in [5.41, 5.74) is 3.55. The third-order valence-electron chi connectivity index (χ3n) is 5.34. The number of anilines is 1. The number of carbonyl (C=O) groups is 1. The van der Waals surface area contributed by atoms with Crippen LogP contribution in [0.1, 0.15) is 41.8 Å². The smallest absolute Gasteiger partial charge is 0.228 e. The van der Waals surface area contributed by atoms with Crippen LogP contribution in [0.2, 0.25) is 0 Å². The molecule has 1 aromatic carbocycles. The van der Waals surface area contributed by atoms with E-state index in [2.05, 4.69) is 38.7 Å². The molecule has 27 heavy (non-hydrogen) atoms. The van der Waals surface area contributed by atoms with Gasteiger partial charge in [0.15, 0.2) is 10.9 Å². The van der Waals surface area contributed by atoms with E-state index in [4.69, 9.17) is 4.74 Å². The van der Waals surface area contributed by atoms with E-state index >= 15 is 0 Å². The molecule has 1 fully saturated rings. The lowest BCUT2D eigenvalue weighted by Gasteiger charge is -2.27. The van der Waals surface area contributed by atoms with E-state index in [1.165, 1.54) is 29.3 Å². The number of aromatic nitrogens is 3. The normalized spacial score (nSPS) is 17.8. The van der Waals surface area contributed by atoms with E-state index in [0.29, 0.717) is 13.2 Å². The quantitative estimate of drug-likeness (QED) is 0.562. The molecule has 6 nitrogen and oxygen atoms in total. The van der Waals surface area contributed by atoms with E-state index in [1.54, 1.807) is 0 Å². The Morgan fingerprint density at radius 2 is 2.00 bits per heavy atom. The number of fused-ring (bicyclic) bond motifs is 1. The van der Waals surface area contributed by atoms with Gasteiger partial charge >= 0.3 is 0 Å². The maximum atomic E-state index is 13.0. The molecule has 4 rings (SSSR count). The van der Waals surface area contributed by atoms with Crippen LogP contribution in [-0.4, -0.2) is 52.1 Å².